The van der Waals surface area contributed by atoms with Crippen LogP contribution in [0.3, 0.4) is 0 Å². The Morgan fingerprint density at radius 3 is 2.25 bits per heavy atom. The van der Waals surface area contributed by atoms with E-state index in [9.17, 15) is 31.2 Å². The number of amides is 2. The molecule has 172 valence electrons. The highest BCUT2D eigenvalue weighted by Gasteiger charge is 2.37. The lowest BCUT2D eigenvalue weighted by Crippen LogP contribution is -2.51. The molecule has 1 aliphatic heterocycles. The quantitative estimate of drug-likeness (QED) is 0.641. The average Bonchev–Trinajstić information content (AvgIpc) is 2.77. The summed E-state index contributed by atoms with van der Waals surface area (Å²) in [5.41, 5.74) is -1.38. The number of benzene rings is 1. The molecular weight excluding hydrogens is 453 g/mol. The molecule has 0 radical (unpaired) electrons. The molecule has 0 saturated carbocycles. The van der Waals surface area contributed by atoms with Gasteiger partial charge in [-0.05, 0) is 30.3 Å². The molecule has 0 spiro atoms. The predicted octanol–water partition coefficient (Wildman–Crippen LogP) is 1.65. The largest absolute Gasteiger partial charge is 0.495 e. The van der Waals surface area contributed by atoms with Crippen LogP contribution in [0.4, 0.5) is 18.9 Å². The molecule has 1 aliphatic rings. The Labute approximate surface area is 182 Å². The number of anilines is 1. The first-order valence-corrected chi connectivity index (χ1v) is 10.5. The number of hydrogen-bond acceptors (Lipinski definition) is 6. The van der Waals surface area contributed by atoms with Crippen molar-refractivity contribution in [1.82, 2.24) is 14.8 Å². The van der Waals surface area contributed by atoms with Crippen molar-refractivity contribution in [2.24, 2.45) is 0 Å². The highest BCUT2D eigenvalue weighted by Crippen LogP contribution is 2.31. The fourth-order valence-electron chi connectivity index (χ4n) is 3.26. The van der Waals surface area contributed by atoms with Crippen LogP contribution in [0.2, 0.25) is 0 Å². The van der Waals surface area contributed by atoms with Gasteiger partial charge in [-0.2, -0.15) is 13.2 Å². The molecule has 0 atom stereocenters. The lowest BCUT2D eigenvalue weighted by atomic mass is 10.1. The van der Waals surface area contributed by atoms with Gasteiger partial charge in [-0.3, -0.25) is 19.3 Å². The van der Waals surface area contributed by atoms with Crippen LogP contribution < -0.4 is 9.46 Å². The molecule has 1 fully saturated rings. The first-order valence-electron chi connectivity index (χ1n) is 9.31. The fourth-order valence-corrected chi connectivity index (χ4v) is 3.65. The smallest absolute Gasteiger partial charge is 0.418 e. The first-order chi connectivity index (χ1) is 15.1. The van der Waals surface area contributed by atoms with E-state index in [0.29, 0.717) is 0 Å². The van der Waals surface area contributed by atoms with Crippen LogP contribution in [0.15, 0.2) is 36.5 Å². The van der Waals surface area contributed by atoms with Gasteiger partial charge in [-0.15, -0.1) is 0 Å². The summed E-state index contributed by atoms with van der Waals surface area (Å²) in [6.45, 7) is 0.277. The minimum Gasteiger partial charge on any atom is -0.495 e. The zero-order valence-corrected chi connectivity index (χ0v) is 17.7. The van der Waals surface area contributed by atoms with Gasteiger partial charge >= 0.3 is 6.18 Å². The van der Waals surface area contributed by atoms with Gasteiger partial charge in [0, 0.05) is 37.9 Å². The molecule has 0 unspecified atom stereocenters. The number of carbonyl (C=O) groups excluding carboxylic acids is 2. The van der Waals surface area contributed by atoms with Gasteiger partial charge in [-0.1, -0.05) is 0 Å². The highest BCUT2D eigenvalue weighted by atomic mass is 32.2. The second-order valence-corrected chi connectivity index (χ2v) is 7.50. The molecule has 2 amide bonds. The van der Waals surface area contributed by atoms with E-state index in [1.54, 1.807) is 0 Å². The van der Waals surface area contributed by atoms with E-state index in [2.05, 4.69) is 9.71 Å². The van der Waals surface area contributed by atoms with Crippen LogP contribution in [0.1, 0.15) is 26.4 Å². The van der Waals surface area contributed by atoms with E-state index in [4.69, 9.17) is 4.74 Å². The van der Waals surface area contributed by atoms with Gasteiger partial charge in [0.15, 0.2) is 0 Å². The lowest BCUT2D eigenvalue weighted by molar-refractivity contribution is -0.138. The Morgan fingerprint density at radius 2 is 1.69 bits per heavy atom. The monoisotopic (exact) mass is 472 g/mol. The third-order valence-electron chi connectivity index (χ3n) is 4.83. The topological polar surface area (TPSA) is 109 Å². The Hall–Kier alpha value is -3.35. The standard InChI is InChI=1S/C19H19F3N4O5S/c1-31-15-11-12(4-5-14(15)24-32(29)30)17(27)25-7-9-26(10-8-25)18(28)16-13(19(20,21)22)3-2-6-23-16/h2-6,11,32H,7-10H2,1H3,(H,24,29,30). The van der Waals surface area contributed by atoms with Crippen molar-refractivity contribution < 1.29 is 35.9 Å². The number of halogens is 3. The SMILES string of the molecule is COc1cc(C(=O)N2CCN(C(=O)c3ncccc3C(F)(F)F)CC2)ccc1N[SH](=O)=O. The number of thiol groups is 1. The fraction of sp³-hybridized carbons (Fsp3) is 0.316. The van der Waals surface area contributed by atoms with Crippen LogP contribution in [-0.4, -0.2) is 68.3 Å². The van der Waals surface area contributed by atoms with Crippen molar-refractivity contribution in [3.63, 3.8) is 0 Å². The summed E-state index contributed by atoms with van der Waals surface area (Å²) in [6.07, 6.45) is -3.59. The van der Waals surface area contributed by atoms with Gasteiger partial charge < -0.3 is 14.5 Å². The van der Waals surface area contributed by atoms with Crippen molar-refractivity contribution in [2.75, 3.05) is 38.0 Å². The van der Waals surface area contributed by atoms with E-state index < -0.39 is 34.2 Å². The van der Waals surface area contributed by atoms with Crippen molar-refractivity contribution in [1.29, 1.82) is 0 Å². The Bertz CT molecular complexity index is 1090. The molecular formula is C19H19F3N4O5S. The van der Waals surface area contributed by atoms with Gasteiger partial charge in [-0.25, -0.2) is 8.42 Å². The lowest BCUT2D eigenvalue weighted by Gasteiger charge is -2.35. The van der Waals surface area contributed by atoms with Crippen molar-refractivity contribution in [2.45, 2.75) is 6.18 Å². The molecule has 2 heterocycles. The second kappa shape index (κ2) is 9.42. The first kappa shape index (κ1) is 23.3. The van der Waals surface area contributed by atoms with Crippen LogP contribution in [-0.2, 0) is 17.1 Å². The van der Waals surface area contributed by atoms with Gasteiger partial charge in [0.1, 0.15) is 11.4 Å². The van der Waals surface area contributed by atoms with Crippen LogP contribution in [0.25, 0.3) is 0 Å². The molecule has 9 nitrogen and oxygen atoms in total. The molecule has 1 saturated heterocycles. The number of aromatic nitrogens is 1. The van der Waals surface area contributed by atoms with E-state index >= 15 is 0 Å². The predicted molar refractivity (Wildman–Crippen MR) is 108 cm³/mol. The number of ether oxygens (including phenoxy) is 1. The maximum Gasteiger partial charge on any atom is 0.418 e. The maximum absolute atomic E-state index is 13.2. The van der Waals surface area contributed by atoms with Gasteiger partial charge in [0.2, 0.25) is 10.9 Å². The van der Waals surface area contributed by atoms with E-state index in [0.717, 1.165) is 18.3 Å². The maximum atomic E-state index is 13.2. The molecule has 1 N–H and O–H groups in total. The Balaban J connectivity index is 1.70. The molecule has 32 heavy (non-hydrogen) atoms. The number of rotatable bonds is 5. The number of alkyl halides is 3. The molecule has 1 aromatic carbocycles. The van der Waals surface area contributed by atoms with Gasteiger partial charge in [0.25, 0.3) is 11.8 Å². The summed E-state index contributed by atoms with van der Waals surface area (Å²) in [7, 11) is -1.59. The number of pyridine rings is 1. The summed E-state index contributed by atoms with van der Waals surface area (Å²) >= 11 is 0. The van der Waals surface area contributed by atoms with Crippen molar-refractivity contribution >= 4 is 28.4 Å². The minimum absolute atomic E-state index is 0.0336. The zero-order chi connectivity index (χ0) is 23.5. The average molecular weight is 472 g/mol. The summed E-state index contributed by atoms with van der Waals surface area (Å²) in [6, 6.07) is 6.10. The molecule has 0 aliphatic carbocycles. The van der Waals surface area contributed by atoms with Crippen LogP contribution in [0.5, 0.6) is 5.75 Å². The highest BCUT2D eigenvalue weighted by molar-refractivity contribution is 7.73. The molecule has 0 bridgehead atoms. The van der Waals surface area contributed by atoms with E-state index in [1.165, 1.54) is 35.1 Å². The number of methoxy groups -OCH3 is 1. The molecule has 2 aromatic rings. The third-order valence-corrected chi connectivity index (χ3v) is 5.25. The number of hydrogen-bond donors (Lipinski definition) is 2. The van der Waals surface area contributed by atoms with Gasteiger partial charge in [0.05, 0.1) is 18.4 Å². The van der Waals surface area contributed by atoms with Crippen LogP contribution >= 0.6 is 0 Å². The molecule has 13 heteroatoms. The Morgan fingerprint density at radius 1 is 1.06 bits per heavy atom. The molecule has 1 aromatic heterocycles. The third kappa shape index (κ3) is 5.10. The summed E-state index contributed by atoms with van der Waals surface area (Å²) in [5, 5.41) is 0. The second-order valence-electron chi connectivity index (χ2n) is 6.77. The van der Waals surface area contributed by atoms with Crippen molar-refractivity contribution in [3.05, 3.63) is 53.3 Å². The number of nitrogens with zero attached hydrogens (tertiary/aromatic N) is 3. The van der Waals surface area contributed by atoms with Crippen LogP contribution in [0, 0.1) is 0 Å². The number of piperazine rings is 1. The molecule has 3 rings (SSSR count). The van der Waals surface area contributed by atoms with E-state index in [-0.39, 0.29) is 49.1 Å². The summed E-state index contributed by atoms with van der Waals surface area (Å²) < 4.78 is 68.6. The minimum atomic E-state index is -4.71. The van der Waals surface area contributed by atoms with E-state index in [1.807, 2.05) is 0 Å². The zero-order valence-electron chi connectivity index (χ0n) is 16.8. The number of carbonyl (C=O) groups is 2. The summed E-state index contributed by atoms with van der Waals surface area (Å²) in [4.78, 5) is 31.7. The number of nitrogens with one attached hydrogen (secondary N) is 1. The normalized spacial score (nSPS) is 14.4. The Kier molecular flexibility index (Phi) is 6.87. The summed E-state index contributed by atoms with van der Waals surface area (Å²) in [5.74, 6) is -1.09. The van der Waals surface area contributed by atoms with Crippen molar-refractivity contribution in [3.8, 4) is 5.75 Å².